The van der Waals surface area contributed by atoms with Crippen LogP contribution in [-0.2, 0) is 6.42 Å². The maximum absolute atomic E-state index is 9.16. The van der Waals surface area contributed by atoms with E-state index >= 15 is 0 Å². The van der Waals surface area contributed by atoms with Gasteiger partial charge in [0, 0.05) is 26.0 Å². The predicted molar refractivity (Wildman–Crippen MR) is 93.0 cm³/mol. The Morgan fingerprint density at radius 3 is 2.55 bits per heavy atom. The van der Waals surface area contributed by atoms with Crippen molar-refractivity contribution >= 4 is 0 Å². The summed E-state index contributed by atoms with van der Waals surface area (Å²) in [7, 11) is 1.72. The zero-order valence-electron chi connectivity index (χ0n) is 14.2. The Balaban J connectivity index is 1.90. The molecule has 3 nitrogen and oxygen atoms in total. The third-order valence-corrected chi connectivity index (χ3v) is 3.87. The summed E-state index contributed by atoms with van der Waals surface area (Å²) in [5.74, 6) is 0.575. The largest absolute Gasteiger partial charge is 0.314 e. The number of allylic oxidation sites excluding steroid dienone is 2. The second kappa shape index (κ2) is 12.4. The van der Waals surface area contributed by atoms with Crippen molar-refractivity contribution in [2.75, 3.05) is 13.6 Å². The number of hydrogen-bond donors (Lipinski definition) is 1. The third kappa shape index (κ3) is 10.5. The van der Waals surface area contributed by atoms with Gasteiger partial charge in [0.25, 0.3) is 0 Å². The average molecular weight is 304 g/mol. The van der Waals surface area contributed by atoms with Crippen LogP contribution in [0.5, 0.6) is 0 Å². The zero-order chi connectivity index (χ0) is 16.0. The lowest BCUT2D eigenvalue weighted by Crippen LogP contribution is -2.20. The number of aryl methyl sites for hydroxylation is 1. The van der Waals surface area contributed by atoms with Crippen LogP contribution < -0.4 is 0 Å². The smallest absolute Gasteiger partial charge is 0.0299 e. The van der Waals surface area contributed by atoms with E-state index in [9.17, 15) is 0 Å². The van der Waals surface area contributed by atoms with E-state index in [0.29, 0.717) is 5.92 Å². The molecule has 1 aromatic heterocycles. The van der Waals surface area contributed by atoms with Gasteiger partial charge in [0.05, 0.1) is 0 Å². The highest BCUT2D eigenvalue weighted by molar-refractivity contribution is 5.08. The molecule has 1 aromatic rings. The van der Waals surface area contributed by atoms with Crippen molar-refractivity contribution in [3.8, 4) is 0 Å². The monoisotopic (exact) mass is 304 g/mol. The Labute approximate surface area is 136 Å². The molecule has 22 heavy (non-hydrogen) atoms. The Morgan fingerprint density at radius 1 is 1.18 bits per heavy atom. The van der Waals surface area contributed by atoms with Crippen LogP contribution in [-0.4, -0.2) is 28.8 Å². The molecule has 0 saturated heterocycles. The molecular weight excluding hydrogens is 272 g/mol. The highest BCUT2D eigenvalue weighted by Gasteiger charge is 2.03. The van der Waals surface area contributed by atoms with E-state index in [1.54, 1.807) is 7.05 Å². The molecule has 1 rings (SSSR count). The molecule has 0 aromatic carbocycles. The summed E-state index contributed by atoms with van der Waals surface area (Å²) in [6.45, 7) is 2.97. The van der Waals surface area contributed by atoms with Crippen molar-refractivity contribution in [2.45, 2.75) is 58.3 Å². The molecule has 0 aliphatic carbocycles. The summed E-state index contributed by atoms with van der Waals surface area (Å²) in [6, 6.07) is 4.16. The lowest BCUT2D eigenvalue weighted by Gasteiger charge is -2.14. The van der Waals surface area contributed by atoms with Gasteiger partial charge in [-0.25, -0.2) is 0 Å². The lowest BCUT2D eigenvalue weighted by molar-refractivity contribution is -0.0751. The lowest BCUT2D eigenvalue weighted by atomic mass is 10.0. The van der Waals surface area contributed by atoms with E-state index in [-0.39, 0.29) is 0 Å². The van der Waals surface area contributed by atoms with Gasteiger partial charge < -0.3 is 5.21 Å². The molecule has 0 saturated carbocycles. The van der Waals surface area contributed by atoms with Gasteiger partial charge in [-0.3, -0.25) is 4.98 Å². The molecule has 0 bridgehead atoms. The fraction of sp³-hybridized carbons (Fsp3) is 0.632. The molecule has 0 amide bonds. The minimum Gasteiger partial charge on any atom is -0.314 e. The fourth-order valence-corrected chi connectivity index (χ4v) is 2.67. The van der Waals surface area contributed by atoms with Gasteiger partial charge in [-0.05, 0) is 62.5 Å². The Bertz CT molecular complexity index is 390. The molecule has 1 atom stereocenters. The van der Waals surface area contributed by atoms with Crippen molar-refractivity contribution in [3.05, 3.63) is 42.2 Å². The first kappa shape index (κ1) is 18.9. The maximum atomic E-state index is 9.16. The van der Waals surface area contributed by atoms with Crippen molar-refractivity contribution in [1.82, 2.24) is 10.0 Å². The number of unbranched alkanes of at least 4 members (excludes halogenated alkanes) is 4. The number of nitrogens with zero attached hydrogens (tertiary/aromatic N) is 2. The normalized spacial score (nSPS) is 13.1. The molecule has 1 N–H and O–H groups in total. The van der Waals surface area contributed by atoms with Crippen molar-refractivity contribution in [2.24, 2.45) is 5.92 Å². The molecular formula is C19H32N2O. The number of pyridine rings is 1. The van der Waals surface area contributed by atoms with Crippen molar-refractivity contribution in [3.63, 3.8) is 0 Å². The molecule has 0 fully saturated rings. The van der Waals surface area contributed by atoms with E-state index in [0.717, 1.165) is 13.0 Å². The standard InChI is InChI=1S/C19H32N2O/c1-18(17-21(2)22)12-9-7-5-3-4-6-8-10-13-19-14-11-15-20-16-19/h3-4,11,14-16,18,22H,5-10,12-13,17H2,1-2H3/b4-3+. The van der Waals surface area contributed by atoms with E-state index < -0.39 is 0 Å². The SMILES string of the molecule is CC(CCCC/C=C/CCCCc1cccnc1)CN(C)O. The van der Waals surface area contributed by atoms with Crippen LogP contribution in [0.4, 0.5) is 0 Å². The van der Waals surface area contributed by atoms with E-state index in [4.69, 9.17) is 5.21 Å². The molecule has 3 heteroatoms. The molecule has 0 spiro atoms. The van der Waals surface area contributed by atoms with Crippen LogP contribution in [0.25, 0.3) is 0 Å². The van der Waals surface area contributed by atoms with Gasteiger partial charge in [-0.15, -0.1) is 0 Å². The summed E-state index contributed by atoms with van der Waals surface area (Å²) in [5, 5.41) is 10.4. The number of hydrogen-bond acceptors (Lipinski definition) is 3. The Kier molecular flexibility index (Phi) is 10.6. The van der Waals surface area contributed by atoms with Gasteiger partial charge in [-0.1, -0.05) is 31.6 Å². The topological polar surface area (TPSA) is 36.4 Å². The second-order valence-corrected chi connectivity index (χ2v) is 6.31. The number of aromatic nitrogens is 1. The second-order valence-electron chi connectivity index (χ2n) is 6.31. The van der Waals surface area contributed by atoms with Crippen LogP contribution in [0.2, 0.25) is 0 Å². The molecule has 124 valence electrons. The summed E-state index contributed by atoms with van der Waals surface area (Å²) < 4.78 is 0. The van der Waals surface area contributed by atoms with Crippen LogP contribution in [0.15, 0.2) is 36.7 Å². The van der Waals surface area contributed by atoms with Crippen LogP contribution in [0.3, 0.4) is 0 Å². The first-order valence-corrected chi connectivity index (χ1v) is 8.62. The van der Waals surface area contributed by atoms with Crippen molar-refractivity contribution < 1.29 is 5.21 Å². The minimum atomic E-state index is 0.575. The Morgan fingerprint density at radius 2 is 1.91 bits per heavy atom. The summed E-state index contributed by atoms with van der Waals surface area (Å²) in [6.07, 6.45) is 18.2. The summed E-state index contributed by atoms with van der Waals surface area (Å²) in [5.41, 5.74) is 1.34. The van der Waals surface area contributed by atoms with Gasteiger partial charge in [-0.2, -0.15) is 5.06 Å². The van der Waals surface area contributed by atoms with Gasteiger partial charge in [0.2, 0.25) is 0 Å². The van der Waals surface area contributed by atoms with Crippen molar-refractivity contribution in [1.29, 1.82) is 0 Å². The van der Waals surface area contributed by atoms with Crippen LogP contribution in [0.1, 0.15) is 57.4 Å². The first-order chi connectivity index (χ1) is 10.7. The number of rotatable bonds is 12. The molecule has 0 radical (unpaired) electrons. The fourth-order valence-electron chi connectivity index (χ4n) is 2.67. The van der Waals surface area contributed by atoms with E-state index in [2.05, 4.69) is 30.1 Å². The molecule has 1 heterocycles. The quantitative estimate of drug-likeness (QED) is 0.340. The number of hydroxylamine groups is 2. The van der Waals surface area contributed by atoms with Gasteiger partial charge in [0.1, 0.15) is 0 Å². The predicted octanol–water partition coefficient (Wildman–Crippen LogP) is 4.87. The first-order valence-electron chi connectivity index (χ1n) is 8.62. The van der Waals surface area contributed by atoms with E-state index in [1.807, 2.05) is 18.5 Å². The zero-order valence-corrected chi connectivity index (χ0v) is 14.2. The molecule has 0 aliphatic rings. The van der Waals surface area contributed by atoms with Gasteiger partial charge in [0.15, 0.2) is 0 Å². The molecule has 1 unspecified atom stereocenters. The van der Waals surface area contributed by atoms with E-state index in [1.165, 1.54) is 55.6 Å². The summed E-state index contributed by atoms with van der Waals surface area (Å²) >= 11 is 0. The van der Waals surface area contributed by atoms with Crippen LogP contribution in [0, 0.1) is 5.92 Å². The molecule has 0 aliphatic heterocycles. The third-order valence-electron chi connectivity index (χ3n) is 3.87. The summed E-state index contributed by atoms with van der Waals surface area (Å²) in [4.78, 5) is 4.14. The maximum Gasteiger partial charge on any atom is 0.0299 e. The average Bonchev–Trinajstić information content (AvgIpc) is 2.49. The highest BCUT2D eigenvalue weighted by atomic mass is 16.5. The highest BCUT2D eigenvalue weighted by Crippen LogP contribution is 2.11. The van der Waals surface area contributed by atoms with Gasteiger partial charge >= 0.3 is 0 Å². The minimum absolute atomic E-state index is 0.575. The Hall–Kier alpha value is -1.19. The van der Waals surface area contributed by atoms with Crippen LogP contribution >= 0.6 is 0 Å².